The highest BCUT2D eigenvalue weighted by Crippen LogP contribution is 2.27. The van der Waals surface area contributed by atoms with Gasteiger partial charge in [0.1, 0.15) is 0 Å². The Hall–Kier alpha value is -1.07. The highest BCUT2D eigenvalue weighted by Gasteiger charge is 2.22. The number of nitrogens with one attached hydrogen (secondary N) is 2. The van der Waals surface area contributed by atoms with Crippen LogP contribution < -0.4 is 10.0 Å². The summed E-state index contributed by atoms with van der Waals surface area (Å²) in [5.41, 5.74) is 2.18. The van der Waals surface area contributed by atoms with Crippen LogP contribution in [0.25, 0.3) is 0 Å². The lowest BCUT2D eigenvalue weighted by atomic mass is 9.86. The van der Waals surface area contributed by atoms with Crippen LogP contribution in [0.1, 0.15) is 31.2 Å². The maximum absolute atomic E-state index is 12.2. The summed E-state index contributed by atoms with van der Waals surface area (Å²) in [5.74, 6) is 0.536. The maximum Gasteiger partial charge on any atom is 0.240 e. The van der Waals surface area contributed by atoms with Crippen molar-refractivity contribution in [2.45, 2.75) is 37.0 Å². The summed E-state index contributed by atoms with van der Waals surface area (Å²) in [7, 11) is -3.34. The molecule has 2 aliphatic rings. The maximum atomic E-state index is 12.2. The minimum absolute atomic E-state index is 0.397. The number of hydrogen-bond donors (Lipinski definition) is 2. The molecule has 0 radical (unpaired) electrons. The Labute approximate surface area is 114 Å². The molecule has 1 heterocycles. The fourth-order valence-corrected chi connectivity index (χ4v) is 3.79. The van der Waals surface area contributed by atoms with Crippen LogP contribution in [0.3, 0.4) is 0 Å². The van der Waals surface area contributed by atoms with Crippen LogP contribution in [-0.4, -0.2) is 21.5 Å². The molecule has 1 aliphatic heterocycles. The van der Waals surface area contributed by atoms with Crippen molar-refractivity contribution in [1.29, 1.82) is 0 Å². The van der Waals surface area contributed by atoms with Crippen LogP contribution in [0, 0.1) is 5.92 Å². The molecule has 104 valence electrons. The lowest BCUT2D eigenvalue weighted by Gasteiger charge is -2.25. The Morgan fingerprint density at radius 3 is 2.84 bits per heavy atom. The topological polar surface area (TPSA) is 58.2 Å². The second-order valence-corrected chi connectivity index (χ2v) is 7.27. The number of aryl methyl sites for hydroxylation is 1. The Bertz CT molecular complexity index is 565. The molecule has 0 bridgehead atoms. The first kappa shape index (κ1) is 12.9. The molecule has 0 amide bonds. The molecule has 0 unspecified atom stereocenters. The van der Waals surface area contributed by atoms with Gasteiger partial charge >= 0.3 is 0 Å². The van der Waals surface area contributed by atoms with Crippen LogP contribution in [0.2, 0.25) is 0 Å². The zero-order chi connectivity index (χ0) is 13.3. The minimum Gasteiger partial charge on any atom is -0.385 e. The quantitative estimate of drug-likeness (QED) is 0.888. The SMILES string of the molecule is O=S(=O)(NCC1CCC1)c1ccc2c(c1)CCCN2. The molecule has 1 aliphatic carbocycles. The van der Waals surface area contributed by atoms with Gasteiger partial charge in [0.15, 0.2) is 0 Å². The Morgan fingerprint density at radius 2 is 2.11 bits per heavy atom. The van der Waals surface area contributed by atoms with Gasteiger partial charge in [0, 0.05) is 18.8 Å². The van der Waals surface area contributed by atoms with Crippen LogP contribution in [0.5, 0.6) is 0 Å². The van der Waals surface area contributed by atoms with Gasteiger partial charge in [-0.3, -0.25) is 0 Å². The largest absolute Gasteiger partial charge is 0.385 e. The van der Waals surface area contributed by atoms with E-state index in [1.165, 1.54) is 6.42 Å². The van der Waals surface area contributed by atoms with Gasteiger partial charge in [0.25, 0.3) is 0 Å². The number of anilines is 1. The molecular weight excluding hydrogens is 260 g/mol. The van der Waals surface area contributed by atoms with E-state index < -0.39 is 10.0 Å². The van der Waals surface area contributed by atoms with E-state index in [9.17, 15) is 8.42 Å². The predicted molar refractivity (Wildman–Crippen MR) is 75.8 cm³/mol. The summed E-state index contributed by atoms with van der Waals surface area (Å²) in [5, 5.41) is 3.29. The van der Waals surface area contributed by atoms with Crippen LogP contribution >= 0.6 is 0 Å². The van der Waals surface area contributed by atoms with Crippen molar-refractivity contribution in [3.8, 4) is 0 Å². The lowest BCUT2D eigenvalue weighted by Crippen LogP contribution is -2.32. The van der Waals surface area contributed by atoms with Gasteiger partial charge in [-0.1, -0.05) is 6.42 Å². The third-order valence-electron chi connectivity index (χ3n) is 4.11. The molecule has 1 fully saturated rings. The number of sulfonamides is 1. The summed E-state index contributed by atoms with van der Waals surface area (Å²) in [6, 6.07) is 5.39. The Kier molecular flexibility index (Phi) is 3.50. The van der Waals surface area contributed by atoms with Crippen molar-refractivity contribution in [1.82, 2.24) is 4.72 Å². The molecule has 1 saturated carbocycles. The van der Waals surface area contributed by atoms with Gasteiger partial charge in [-0.2, -0.15) is 0 Å². The molecule has 3 rings (SSSR count). The van der Waals surface area contributed by atoms with E-state index in [2.05, 4.69) is 10.0 Å². The first-order chi connectivity index (χ1) is 9.15. The monoisotopic (exact) mass is 280 g/mol. The molecule has 0 aromatic heterocycles. The predicted octanol–water partition coefficient (Wildman–Crippen LogP) is 2.12. The van der Waals surface area contributed by atoms with E-state index in [0.29, 0.717) is 17.4 Å². The zero-order valence-corrected chi connectivity index (χ0v) is 11.8. The van der Waals surface area contributed by atoms with Gasteiger partial charge in [0.05, 0.1) is 4.90 Å². The van der Waals surface area contributed by atoms with E-state index in [0.717, 1.165) is 43.5 Å². The fourth-order valence-electron chi connectivity index (χ4n) is 2.63. The average molecular weight is 280 g/mol. The normalized spacial score (nSPS) is 19.4. The van der Waals surface area contributed by atoms with E-state index in [-0.39, 0.29) is 0 Å². The third-order valence-corrected chi connectivity index (χ3v) is 5.53. The van der Waals surface area contributed by atoms with Gasteiger partial charge in [-0.25, -0.2) is 13.1 Å². The second kappa shape index (κ2) is 5.13. The molecule has 19 heavy (non-hydrogen) atoms. The van der Waals surface area contributed by atoms with Crippen molar-refractivity contribution >= 4 is 15.7 Å². The standard InChI is InChI=1S/C14H20N2O2S/c17-19(18,16-10-11-3-1-4-11)13-6-7-14-12(9-13)5-2-8-15-14/h6-7,9,11,15-16H,1-5,8,10H2. The van der Waals surface area contributed by atoms with Crippen molar-refractivity contribution in [2.24, 2.45) is 5.92 Å². The summed E-state index contributed by atoms with van der Waals surface area (Å²) in [6.07, 6.45) is 5.55. The third kappa shape index (κ3) is 2.77. The van der Waals surface area contributed by atoms with Gasteiger partial charge in [-0.15, -0.1) is 0 Å². The molecule has 0 atom stereocenters. The lowest BCUT2D eigenvalue weighted by molar-refractivity contribution is 0.316. The molecule has 2 N–H and O–H groups in total. The summed E-state index contributed by atoms with van der Waals surface area (Å²) in [4.78, 5) is 0.397. The Morgan fingerprint density at radius 1 is 1.26 bits per heavy atom. The van der Waals surface area contributed by atoms with Crippen molar-refractivity contribution in [3.63, 3.8) is 0 Å². The zero-order valence-electron chi connectivity index (χ0n) is 11.0. The smallest absolute Gasteiger partial charge is 0.240 e. The van der Waals surface area contributed by atoms with Crippen LogP contribution in [0.4, 0.5) is 5.69 Å². The van der Waals surface area contributed by atoms with Crippen molar-refractivity contribution in [3.05, 3.63) is 23.8 Å². The molecule has 5 heteroatoms. The summed E-state index contributed by atoms with van der Waals surface area (Å²) >= 11 is 0. The highest BCUT2D eigenvalue weighted by molar-refractivity contribution is 7.89. The van der Waals surface area contributed by atoms with E-state index >= 15 is 0 Å². The van der Waals surface area contributed by atoms with E-state index in [1.807, 2.05) is 12.1 Å². The number of rotatable bonds is 4. The van der Waals surface area contributed by atoms with Crippen molar-refractivity contribution < 1.29 is 8.42 Å². The number of benzene rings is 1. The van der Waals surface area contributed by atoms with E-state index in [4.69, 9.17) is 0 Å². The van der Waals surface area contributed by atoms with Crippen molar-refractivity contribution in [2.75, 3.05) is 18.4 Å². The molecule has 1 aromatic carbocycles. The number of fused-ring (bicyclic) bond motifs is 1. The Balaban J connectivity index is 1.76. The van der Waals surface area contributed by atoms with E-state index in [1.54, 1.807) is 6.07 Å². The van der Waals surface area contributed by atoms with Gasteiger partial charge in [-0.05, 0) is 55.4 Å². The molecule has 0 spiro atoms. The molecule has 1 aromatic rings. The van der Waals surface area contributed by atoms with Gasteiger partial charge in [0.2, 0.25) is 10.0 Å². The first-order valence-corrected chi connectivity index (χ1v) is 8.50. The van der Waals surface area contributed by atoms with Crippen LogP contribution in [0.15, 0.2) is 23.1 Å². The summed E-state index contributed by atoms with van der Waals surface area (Å²) < 4.78 is 27.2. The summed E-state index contributed by atoms with van der Waals surface area (Å²) in [6.45, 7) is 1.55. The average Bonchev–Trinajstić information content (AvgIpc) is 2.36. The second-order valence-electron chi connectivity index (χ2n) is 5.50. The first-order valence-electron chi connectivity index (χ1n) is 7.02. The molecule has 0 saturated heterocycles. The fraction of sp³-hybridized carbons (Fsp3) is 0.571. The molecule has 4 nitrogen and oxygen atoms in total. The molecular formula is C14H20N2O2S. The van der Waals surface area contributed by atoms with Gasteiger partial charge < -0.3 is 5.32 Å². The minimum atomic E-state index is -3.34. The van der Waals surface area contributed by atoms with Crippen LogP contribution in [-0.2, 0) is 16.4 Å². The highest BCUT2D eigenvalue weighted by atomic mass is 32.2. The number of hydrogen-bond acceptors (Lipinski definition) is 3.